The monoisotopic (exact) mass is 238 g/mol. The molecule has 0 saturated carbocycles. The Morgan fingerprint density at radius 3 is 2.82 bits per heavy atom. The number of carbonyl (C=O) groups is 2. The molecule has 1 aliphatic heterocycles. The number of esters is 2. The molecular weight excluding hydrogens is 228 g/mol. The van der Waals surface area contributed by atoms with Gasteiger partial charge in [0.15, 0.2) is 0 Å². The van der Waals surface area contributed by atoms with Crippen molar-refractivity contribution < 1.29 is 29.3 Å². The first kappa shape index (κ1) is 11.3. The molecule has 0 aromatic heterocycles. The lowest BCUT2D eigenvalue weighted by molar-refractivity contribution is -0.142. The molecule has 0 unspecified atom stereocenters. The molecule has 90 valence electrons. The molecule has 1 aromatic carbocycles. The fraction of sp³-hybridized carbons (Fsp3) is 0.273. The van der Waals surface area contributed by atoms with E-state index in [-0.39, 0.29) is 29.0 Å². The Labute approximate surface area is 96.4 Å². The Balaban J connectivity index is 2.39. The number of rotatable bonds is 2. The van der Waals surface area contributed by atoms with E-state index in [2.05, 4.69) is 4.74 Å². The zero-order valence-electron chi connectivity index (χ0n) is 8.97. The minimum atomic E-state index is -0.831. The summed E-state index contributed by atoms with van der Waals surface area (Å²) < 4.78 is 9.40. The molecule has 0 fully saturated rings. The maximum atomic E-state index is 11.5. The summed E-state index contributed by atoms with van der Waals surface area (Å²) in [5, 5.41) is 18.8. The zero-order valence-corrected chi connectivity index (χ0v) is 8.97. The van der Waals surface area contributed by atoms with E-state index in [0.717, 1.165) is 6.07 Å². The Morgan fingerprint density at radius 2 is 2.18 bits per heavy atom. The van der Waals surface area contributed by atoms with Gasteiger partial charge in [-0.1, -0.05) is 0 Å². The Bertz CT molecular complexity index is 493. The van der Waals surface area contributed by atoms with Gasteiger partial charge in [0.2, 0.25) is 0 Å². The minimum absolute atomic E-state index is 0.0169. The van der Waals surface area contributed by atoms with Crippen molar-refractivity contribution in [3.05, 3.63) is 23.3 Å². The maximum absolute atomic E-state index is 11.5. The van der Waals surface area contributed by atoms with Gasteiger partial charge in [-0.25, -0.2) is 4.79 Å². The van der Waals surface area contributed by atoms with Crippen molar-refractivity contribution in [2.45, 2.75) is 12.5 Å². The summed E-state index contributed by atoms with van der Waals surface area (Å²) in [6.07, 6.45) is -0.985. The average molecular weight is 238 g/mol. The highest BCUT2D eigenvalue weighted by molar-refractivity contribution is 5.97. The molecule has 0 radical (unpaired) electrons. The van der Waals surface area contributed by atoms with Gasteiger partial charge in [-0.05, 0) is 6.07 Å². The normalized spacial score (nSPS) is 17.5. The van der Waals surface area contributed by atoms with Crippen LogP contribution in [0.15, 0.2) is 12.1 Å². The molecular formula is C11H10O6. The number of fused-ring (bicyclic) bond motifs is 1. The molecule has 2 rings (SSSR count). The van der Waals surface area contributed by atoms with Crippen LogP contribution < -0.4 is 0 Å². The van der Waals surface area contributed by atoms with Crippen LogP contribution in [0, 0.1) is 0 Å². The predicted octanol–water partition coefficient (Wildman–Crippen LogP) is 0.872. The fourth-order valence-electron chi connectivity index (χ4n) is 1.75. The van der Waals surface area contributed by atoms with Crippen LogP contribution in [0.3, 0.4) is 0 Å². The van der Waals surface area contributed by atoms with Gasteiger partial charge < -0.3 is 19.7 Å². The van der Waals surface area contributed by atoms with E-state index in [1.807, 2.05) is 0 Å². The molecule has 1 atom stereocenters. The van der Waals surface area contributed by atoms with Gasteiger partial charge in [0.25, 0.3) is 0 Å². The van der Waals surface area contributed by atoms with Gasteiger partial charge in [-0.2, -0.15) is 0 Å². The Morgan fingerprint density at radius 1 is 1.47 bits per heavy atom. The van der Waals surface area contributed by atoms with Crippen molar-refractivity contribution in [3.63, 3.8) is 0 Å². The first-order valence-corrected chi connectivity index (χ1v) is 4.86. The van der Waals surface area contributed by atoms with Gasteiger partial charge in [0, 0.05) is 11.6 Å². The van der Waals surface area contributed by atoms with Gasteiger partial charge in [-0.3, -0.25) is 4.79 Å². The quantitative estimate of drug-likeness (QED) is 0.742. The van der Waals surface area contributed by atoms with Crippen LogP contribution in [-0.2, 0) is 14.3 Å². The third-order valence-corrected chi connectivity index (χ3v) is 2.51. The lowest BCUT2D eigenvalue weighted by Crippen LogP contribution is -2.08. The van der Waals surface area contributed by atoms with E-state index in [0.29, 0.717) is 0 Å². The molecule has 0 spiro atoms. The summed E-state index contributed by atoms with van der Waals surface area (Å²) in [5.41, 5.74) is 0.273. The summed E-state index contributed by atoms with van der Waals surface area (Å²) >= 11 is 0. The van der Waals surface area contributed by atoms with Crippen LogP contribution in [0.1, 0.15) is 28.4 Å². The molecule has 6 heteroatoms. The second kappa shape index (κ2) is 3.97. The summed E-state index contributed by atoms with van der Waals surface area (Å²) in [4.78, 5) is 22.6. The van der Waals surface area contributed by atoms with E-state index >= 15 is 0 Å². The summed E-state index contributed by atoms with van der Waals surface area (Å²) in [5.74, 6) is -1.82. The minimum Gasteiger partial charge on any atom is -0.508 e. The number of aromatic hydroxyl groups is 2. The molecule has 17 heavy (non-hydrogen) atoms. The van der Waals surface area contributed by atoms with Crippen molar-refractivity contribution >= 4 is 11.9 Å². The number of phenols is 2. The number of hydrogen-bond donors (Lipinski definition) is 2. The van der Waals surface area contributed by atoms with Crippen molar-refractivity contribution in [2.24, 2.45) is 0 Å². The third-order valence-electron chi connectivity index (χ3n) is 2.51. The van der Waals surface area contributed by atoms with Crippen molar-refractivity contribution in [2.75, 3.05) is 7.11 Å². The van der Waals surface area contributed by atoms with Crippen LogP contribution in [0.2, 0.25) is 0 Å². The maximum Gasteiger partial charge on any atom is 0.342 e. The SMILES string of the molecule is COC(=O)C[C@@H]1OC(=O)c2c(O)cc(O)cc21. The topological polar surface area (TPSA) is 93.1 Å². The van der Waals surface area contributed by atoms with Crippen molar-refractivity contribution in [1.82, 2.24) is 0 Å². The molecule has 6 nitrogen and oxygen atoms in total. The molecule has 0 aliphatic carbocycles. The summed E-state index contributed by atoms with van der Waals surface area (Å²) in [6, 6.07) is 2.33. The first-order chi connectivity index (χ1) is 8.02. The summed E-state index contributed by atoms with van der Waals surface area (Å²) in [6.45, 7) is 0. The number of hydrogen-bond acceptors (Lipinski definition) is 6. The van der Waals surface area contributed by atoms with E-state index in [1.165, 1.54) is 13.2 Å². The number of benzene rings is 1. The van der Waals surface area contributed by atoms with Crippen molar-refractivity contribution in [3.8, 4) is 11.5 Å². The zero-order chi connectivity index (χ0) is 12.6. The van der Waals surface area contributed by atoms with Crippen LogP contribution in [0.5, 0.6) is 11.5 Å². The van der Waals surface area contributed by atoms with Crippen LogP contribution in [0.25, 0.3) is 0 Å². The number of methoxy groups -OCH3 is 1. The molecule has 1 heterocycles. The van der Waals surface area contributed by atoms with Gasteiger partial charge in [0.1, 0.15) is 23.2 Å². The fourth-order valence-corrected chi connectivity index (χ4v) is 1.75. The average Bonchev–Trinajstić information content (AvgIpc) is 2.55. The van der Waals surface area contributed by atoms with E-state index < -0.39 is 18.0 Å². The molecule has 0 amide bonds. The lowest BCUT2D eigenvalue weighted by Gasteiger charge is -2.08. The standard InChI is InChI=1S/C11H10O6/c1-16-9(14)4-8-6-2-5(12)3-7(13)10(6)11(15)17-8/h2-3,8,12-13H,4H2,1H3/t8-/m0/s1. The molecule has 1 aromatic rings. The highest BCUT2D eigenvalue weighted by Gasteiger charge is 2.35. The first-order valence-electron chi connectivity index (χ1n) is 4.86. The largest absolute Gasteiger partial charge is 0.508 e. The number of ether oxygens (including phenoxy) is 2. The number of phenolic OH excluding ortho intramolecular Hbond substituents is 2. The predicted molar refractivity (Wildman–Crippen MR) is 54.6 cm³/mol. The highest BCUT2D eigenvalue weighted by atomic mass is 16.6. The van der Waals surface area contributed by atoms with Crippen LogP contribution >= 0.6 is 0 Å². The second-order valence-electron chi connectivity index (χ2n) is 3.60. The number of cyclic esters (lactones) is 1. The van der Waals surface area contributed by atoms with Crippen LogP contribution in [0.4, 0.5) is 0 Å². The summed E-state index contributed by atoms with van der Waals surface area (Å²) in [7, 11) is 1.22. The second-order valence-corrected chi connectivity index (χ2v) is 3.60. The Kier molecular flexibility index (Phi) is 2.63. The van der Waals surface area contributed by atoms with E-state index in [9.17, 15) is 19.8 Å². The smallest absolute Gasteiger partial charge is 0.342 e. The molecule has 0 saturated heterocycles. The van der Waals surface area contributed by atoms with Gasteiger partial charge in [0.05, 0.1) is 13.5 Å². The Hall–Kier alpha value is -2.24. The van der Waals surface area contributed by atoms with Gasteiger partial charge in [-0.15, -0.1) is 0 Å². The van der Waals surface area contributed by atoms with E-state index in [1.54, 1.807) is 0 Å². The molecule has 0 bridgehead atoms. The van der Waals surface area contributed by atoms with Crippen LogP contribution in [-0.4, -0.2) is 29.3 Å². The highest BCUT2D eigenvalue weighted by Crippen LogP contribution is 2.40. The molecule has 1 aliphatic rings. The molecule has 2 N–H and O–H groups in total. The lowest BCUT2D eigenvalue weighted by atomic mass is 10.0. The van der Waals surface area contributed by atoms with E-state index in [4.69, 9.17) is 4.74 Å². The van der Waals surface area contributed by atoms with Crippen molar-refractivity contribution in [1.29, 1.82) is 0 Å². The van der Waals surface area contributed by atoms with Gasteiger partial charge >= 0.3 is 11.9 Å². The number of carbonyl (C=O) groups excluding carboxylic acids is 2. The third kappa shape index (κ3) is 1.89.